The van der Waals surface area contributed by atoms with Crippen molar-refractivity contribution < 1.29 is 14.0 Å². The first-order valence-corrected chi connectivity index (χ1v) is 8.13. The van der Waals surface area contributed by atoms with E-state index in [1.54, 1.807) is 12.3 Å². The molecule has 0 saturated carbocycles. The summed E-state index contributed by atoms with van der Waals surface area (Å²) < 4.78 is 5.29. The van der Waals surface area contributed by atoms with E-state index in [2.05, 4.69) is 6.92 Å². The van der Waals surface area contributed by atoms with Crippen LogP contribution in [0.1, 0.15) is 55.1 Å². The first-order chi connectivity index (χ1) is 10.5. The number of amides is 2. The molecule has 0 bridgehead atoms. The SMILES string of the molecule is CC[C@@H]1N(C(=O)c2ccoc2C)CCC[C@]12CCC(=O)N2C. The van der Waals surface area contributed by atoms with Crippen LogP contribution in [0.15, 0.2) is 16.7 Å². The molecule has 5 nitrogen and oxygen atoms in total. The highest BCUT2D eigenvalue weighted by Gasteiger charge is 2.52. The summed E-state index contributed by atoms with van der Waals surface area (Å²) >= 11 is 0. The molecule has 0 aromatic carbocycles. The molecular weight excluding hydrogens is 280 g/mol. The number of aryl methyl sites for hydroxylation is 1. The number of hydrogen-bond acceptors (Lipinski definition) is 3. The smallest absolute Gasteiger partial charge is 0.257 e. The van der Waals surface area contributed by atoms with Gasteiger partial charge in [-0.25, -0.2) is 0 Å². The second-order valence-electron chi connectivity index (χ2n) is 6.47. The maximum atomic E-state index is 12.9. The zero-order chi connectivity index (χ0) is 15.9. The summed E-state index contributed by atoms with van der Waals surface area (Å²) in [6.45, 7) is 4.68. The molecule has 2 atom stereocenters. The number of piperidine rings is 1. The van der Waals surface area contributed by atoms with Gasteiger partial charge in [-0.1, -0.05) is 6.92 Å². The number of carbonyl (C=O) groups is 2. The fraction of sp³-hybridized carbons (Fsp3) is 0.647. The Hall–Kier alpha value is -1.78. The normalized spacial score (nSPS) is 28.7. The molecule has 5 heteroatoms. The van der Waals surface area contributed by atoms with Gasteiger partial charge in [0.25, 0.3) is 5.91 Å². The summed E-state index contributed by atoms with van der Waals surface area (Å²) in [5.41, 5.74) is 0.458. The Morgan fingerprint density at radius 1 is 1.45 bits per heavy atom. The molecule has 22 heavy (non-hydrogen) atoms. The van der Waals surface area contributed by atoms with E-state index in [4.69, 9.17) is 4.42 Å². The minimum absolute atomic E-state index is 0.0323. The van der Waals surface area contributed by atoms with Crippen molar-refractivity contribution in [1.29, 1.82) is 0 Å². The van der Waals surface area contributed by atoms with E-state index in [1.807, 2.05) is 23.8 Å². The minimum atomic E-state index is -0.183. The lowest BCUT2D eigenvalue weighted by Gasteiger charge is -2.51. The van der Waals surface area contributed by atoms with Crippen molar-refractivity contribution in [2.75, 3.05) is 13.6 Å². The molecule has 2 fully saturated rings. The van der Waals surface area contributed by atoms with Crippen molar-refractivity contribution in [3.63, 3.8) is 0 Å². The van der Waals surface area contributed by atoms with Crippen molar-refractivity contribution in [3.8, 4) is 0 Å². The van der Waals surface area contributed by atoms with Crippen LogP contribution >= 0.6 is 0 Å². The number of nitrogens with zero attached hydrogens (tertiary/aromatic N) is 2. The standard InChI is InChI=1S/C17H24N2O3/c1-4-14-17(9-6-15(20)18(17)3)8-5-10-19(14)16(21)13-7-11-22-12(13)2/h7,11,14H,4-6,8-10H2,1-3H3/t14-,17-/m0/s1. The second kappa shape index (κ2) is 5.45. The van der Waals surface area contributed by atoms with E-state index in [9.17, 15) is 9.59 Å². The highest BCUT2D eigenvalue weighted by Crippen LogP contribution is 2.42. The van der Waals surface area contributed by atoms with Crippen molar-refractivity contribution in [3.05, 3.63) is 23.7 Å². The van der Waals surface area contributed by atoms with Crippen molar-refractivity contribution in [1.82, 2.24) is 9.80 Å². The molecule has 2 aliphatic rings. The molecule has 2 amide bonds. The predicted octanol–water partition coefficient (Wildman–Crippen LogP) is 2.59. The van der Waals surface area contributed by atoms with Gasteiger partial charge in [-0.15, -0.1) is 0 Å². The van der Waals surface area contributed by atoms with Crippen LogP contribution in [-0.4, -0.2) is 46.8 Å². The molecule has 1 aromatic heterocycles. The topological polar surface area (TPSA) is 53.8 Å². The van der Waals surface area contributed by atoms with E-state index in [-0.39, 0.29) is 23.4 Å². The highest BCUT2D eigenvalue weighted by atomic mass is 16.3. The Morgan fingerprint density at radius 3 is 2.77 bits per heavy atom. The molecular formula is C17H24N2O3. The number of likely N-dealkylation sites (tertiary alicyclic amines) is 2. The lowest BCUT2D eigenvalue weighted by molar-refractivity contribution is -0.132. The van der Waals surface area contributed by atoms with Crippen LogP contribution in [0.2, 0.25) is 0 Å². The van der Waals surface area contributed by atoms with Gasteiger partial charge in [0.1, 0.15) is 5.76 Å². The average Bonchev–Trinajstić information content (AvgIpc) is 3.06. The van der Waals surface area contributed by atoms with Gasteiger partial charge >= 0.3 is 0 Å². The fourth-order valence-electron chi connectivity index (χ4n) is 4.36. The van der Waals surface area contributed by atoms with E-state index in [0.29, 0.717) is 17.7 Å². The second-order valence-corrected chi connectivity index (χ2v) is 6.47. The van der Waals surface area contributed by atoms with Crippen molar-refractivity contribution >= 4 is 11.8 Å². The van der Waals surface area contributed by atoms with Gasteiger partial charge in [-0.3, -0.25) is 9.59 Å². The monoisotopic (exact) mass is 304 g/mol. The quantitative estimate of drug-likeness (QED) is 0.844. The molecule has 0 aliphatic carbocycles. The number of likely N-dealkylation sites (N-methyl/N-ethyl adjacent to an activating group) is 1. The first kappa shape index (κ1) is 15.1. The van der Waals surface area contributed by atoms with Gasteiger partial charge in [-0.2, -0.15) is 0 Å². The number of furan rings is 1. The van der Waals surface area contributed by atoms with E-state index in [0.717, 1.165) is 32.2 Å². The number of hydrogen-bond donors (Lipinski definition) is 0. The molecule has 3 rings (SSSR count). The van der Waals surface area contributed by atoms with Crippen LogP contribution in [0.3, 0.4) is 0 Å². The Morgan fingerprint density at radius 2 is 2.23 bits per heavy atom. The summed E-state index contributed by atoms with van der Waals surface area (Å²) in [4.78, 5) is 28.9. The van der Waals surface area contributed by atoms with Crippen LogP contribution in [0.4, 0.5) is 0 Å². The van der Waals surface area contributed by atoms with Gasteiger partial charge in [0.2, 0.25) is 5.91 Å². The Kier molecular flexibility index (Phi) is 3.75. The zero-order valence-electron chi connectivity index (χ0n) is 13.6. The molecule has 0 radical (unpaired) electrons. The molecule has 3 heterocycles. The van der Waals surface area contributed by atoms with E-state index >= 15 is 0 Å². The van der Waals surface area contributed by atoms with Crippen LogP contribution in [-0.2, 0) is 4.79 Å². The maximum absolute atomic E-state index is 12.9. The number of rotatable bonds is 2. The summed E-state index contributed by atoms with van der Waals surface area (Å²) in [6.07, 6.45) is 5.81. The largest absolute Gasteiger partial charge is 0.469 e. The average molecular weight is 304 g/mol. The molecule has 0 unspecified atom stereocenters. The lowest BCUT2D eigenvalue weighted by atomic mass is 9.77. The minimum Gasteiger partial charge on any atom is -0.469 e. The van der Waals surface area contributed by atoms with Crippen molar-refractivity contribution in [2.45, 2.75) is 57.5 Å². The predicted molar refractivity (Wildman–Crippen MR) is 82.5 cm³/mol. The third kappa shape index (κ3) is 2.06. The molecule has 0 N–H and O–H groups in total. The molecule has 2 aliphatic heterocycles. The van der Waals surface area contributed by atoms with Gasteiger partial charge in [-0.05, 0) is 38.7 Å². The first-order valence-electron chi connectivity index (χ1n) is 8.13. The summed E-state index contributed by atoms with van der Waals surface area (Å²) in [5.74, 6) is 0.896. The van der Waals surface area contributed by atoms with Gasteiger partial charge in [0.15, 0.2) is 0 Å². The van der Waals surface area contributed by atoms with Crippen molar-refractivity contribution in [2.24, 2.45) is 0 Å². The highest BCUT2D eigenvalue weighted by molar-refractivity contribution is 5.95. The molecule has 2 saturated heterocycles. The van der Waals surface area contributed by atoms with Gasteiger partial charge in [0, 0.05) is 20.0 Å². The van der Waals surface area contributed by atoms with Crippen LogP contribution in [0.25, 0.3) is 0 Å². The van der Waals surface area contributed by atoms with E-state index < -0.39 is 0 Å². The van der Waals surface area contributed by atoms with Crippen LogP contribution in [0, 0.1) is 6.92 Å². The molecule has 1 aromatic rings. The van der Waals surface area contributed by atoms with Gasteiger partial charge < -0.3 is 14.2 Å². The Bertz CT molecular complexity index is 594. The lowest BCUT2D eigenvalue weighted by Crippen LogP contribution is -2.63. The molecule has 120 valence electrons. The van der Waals surface area contributed by atoms with Crippen LogP contribution < -0.4 is 0 Å². The fourth-order valence-corrected chi connectivity index (χ4v) is 4.36. The Labute approximate surface area is 131 Å². The maximum Gasteiger partial charge on any atom is 0.257 e. The summed E-state index contributed by atoms with van der Waals surface area (Å²) in [6, 6.07) is 1.83. The van der Waals surface area contributed by atoms with Gasteiger partial charge in [0.05, 0.1) is 23.4 Å². The third-order valence-electron chi connectivity index (χ3n) is 5.56. The summed E-state index contributed by atoms with van der Waals surface area (Å²) in [7, 11) is 1.90. The molecule has 1 spiro atoms. The van der Waals surface area contributed by atoms with Crippen LogP contribution in [0.5, 0.6) is 0 Å². The Balaban J connectivity index is 1.94. The third-order valence-corrected chi connectivity index (χ3v) is 5.56. The van der Waals surface area contributed by atoms with E-state index in [1.165, 1.54) is 0 Å². The summed E-state index contributed by atoms with van der Waals surface area (Å²) in [5, 5.41) is 0. The zero-order valence-corrected chi connectivity index (χ0v) is 13.6. The number of carbonyl (C=O) groups excluding carboxylic acids is 2.